The van der Waals surface area contributed by atoms with E-state index in [2.05, 4.69) is 27.3 Å². The van der Waals surface area contributed by atoms with E-state index in [1.807, 2.05) is 68.6 Å². The molecule has 0 N–H and O–H groups in total. The summed E-state index contributed by atoms with van der Waals surface area (Å²) in [5, 5.41) is 15.5. The van der Waals surface area contributed by atoms with E-state index < -0.39 is 5.41 Å². The summed E-state index contributed by atoms with van der Waals surface area (Å²) >= 11 is 0. The molecule has 2 aromatic carbocycles. The number of nitrogens with zero attached hydrogens (tertiary/aromatic N) is 4. The van der Waals surface area contributed by atoms with Gasteiger partial charge in [-0.2, -0.15) is 5.26 Å². The molecule has 0 fully saturated rings. The SMILES string of the molecule is CC(C)(C#N)c1ccc(-c2onc3cnc4ccc(-c5cccnc5)cc4c23)cc1. The van der Waals surface area contributed by atoms with Crippen molar-refractivity contribution >= 4 is 21.8 Å². The second kappa shape index (κ2) is 6.78. The highest BCUT2D eigenvalue weighted by atomic mass is 16.5. The van der Waals surface area contributed by atoms with E-state index in [0.29, 0.717) is 11.3 Å². The Labute approximate surface area is 173 Å². The molecule has 3 heterocycles. The van der Waals surface area contributed by atoms with Crippen LogP contribution < -0.4 is 0 Å². The molecule has 0 aliphatic heterocycles. The molecule has 0 atom stereocenters. The molecule has 5 rings (SSSR count). The molecule has 5 nitrogen and oxygen atoms in total. The molecule has 0 spiro atoms. The molecule has 0 unspecified atom stereocenters. The van der Waals surface area contributed by atoms with Crippen LogP contribution in [0.25, 0.3) is 44.3 Å². The average Bonchev–Trinajstić information content (AvgIpc) is 3.24. The summed E-state index contributed by atoms with van der Waals surface area (Å²) in [6.45, 7) is 3.82. The fourth-order valence-corrected chi connectivity index (χ4v) is 3.64. The maximum Gasteiger partial charge on any atom is 0.175 e. The van der Waals surface area contributed by atoms with Gasteiger partial charge in [-0.25, -0.2) is 0 Å². The Bertz CT molecular complexity index is 1410. The van der Waals surface area contributed by atoms with Crippen LogP contribution in [0.15, 0.2) is 77.7 Å². The second-order valence-electron chi connectivity index (χ2n) is 7.82. The van der Waals surface area contributed by atoms with Gasteiger partial charge in [0.15, 0.2) is 5.76 Å². The maximum absolute atomic E-state index is 9.39. The van der Waals surface area contributed by atoms with Crippen molar-refractivity contribution in [3.63, 3.8) is 0 Å². The zero-order valence-electron chi connectivity index (χ0n) is 16.6. The Hall–Kier alpha value is -4.04. The van der Waals surface area contributed by atoms with E-state index in [4.69, 9.17) is 4.52 Å². The number of hydrogen-bond acceptors (Lipinski definition) is 5. The highest BCUT2D eigenvalue weighted by molar-refractivity contribution is 6.11. The van der Waals surface area contributed by atoms with Crippen molar-refractivity contribution in [2.24, 2.45) is 0 Å². The number of rotatable bonds is 3. The Morgan fingerprint density at radius 2 is 1.70 bits per heavy atom. The van der Waals surface area contributed by atoms with Crippen LogP contribution in [-0.4, -0.2) is 15.1 Å². The summed E-state index contributed by atoms with van der Waals surface area (Å²) in [5.41, 5.74) is 5.01. The number of hydrogen-bond donors (Lipinski definition) is 0. The monoisotopic (exact) mass is 390 g/mol. The van der Waals surface area contributed by atoms with Crippen LogP contribution in [0, 0.1) is 11.3 Å². The molecule has 0 saturated heterocycles. The van der Waals surface area contributed by atoms with Crippen LogP contribution in [0.5, 0.6) is 0 Å². The molecule has 5 aromatic rings. The number of pyridine rings is 2. The van der Waals surface area contributed by atoms with Gasteiger partial charge >= 0.3 is 0 Å². The normalized spacial score (nSPS) is 11.6. The third-order valence-electron chi connectivity index (χ3n) is 5.45. The molecule has 0 radical (unpaired) electrons. The van der Waals surface area contributed by atoms with Gasteiger partial charge in [-0.3, -0.25) is 9.97 Å². The molecule has 0 bridgehead atoms. The largest absolute Gasteiger partial charge is 0.355 e. The molecule has 3 aromatic heterocycles. The lowest BCUT2D eigenvalue weighted by Crippen LogP contribution is -2.13. The first-order valence-corrected chi connectivity index (χ1v) is 9.67. The van der Waals surface area contributed by atoms with E-state index in [0.717, 1.165) is 38.5 Å². The van der Waals surface area contributed by atoms with Crippen LogP contribution >= 0.6 is 0 Å². The Morgan fingerprint density at radius 1 is 0.900 bits per heavy atom. The van der Waals surface area contributed by atoms with Gasteiger partial charge in [0.1, 0.15) is 5.52 Å². The third kappa shape index (κ3) is 2.90. The van der Waals surface area contributed by atoms with Gasteiger partial charge in [-0.15, -0.1) is 0 Å². The van der Waals surface area contributed by atoms with Crippen LogP contribution in [0.2, 0.25) is 0 Å². The number of aromatic nitrogens is 3. The Morgan fingerprint density at radius 3 is 2.43 bits per heavy atom. The van der Waals surface area contributed by atoms with Crippen molar-refractivity contribution in [3.8, 4) is 28.5 Å². The minimum atomic E-state index is -0.544. The van der Waals surface area contributed by atoms with Gasteiger partial charge in [0.2, 0.25) is 0 Å². The number of benzene rings is 2. The minimum Gasteiger partial charge on any atom is -0.355 e. The summed E-state index contributed by atoms with van der Waals surface area (Å²) in [6.07, 6.45) is 5.35. The molecule has 0 amide bonds. The maximum atomic E-state index is 9.39. The zero-order valence-corrected chi connectivity index (χ0v) is 16.6. The molecule has 0 saturated carbocycles. The standard InChI is InChI=1S/C25H18N4O/c1-25(2,15-26)19-8-5-16(6-9-19)24-23-20-12-17(18-4-3-11-27-13-18)7-10-21(20)28-14-22(23)29-30-24/h3-14H,1-2H3. The van der Waals surface area contributed by atoms with Crippen LogP contribution in [0.3, 0.4) is 0 Å². The molecule has 30 heavy (non-hydrogen) atoms. The van der Waals surface area contributed by atoms with Gasteiger partial charge in [-0.1, -0.05) is 41.6 Å². The smallest absolute Gasteiger partial charge is 0.175 e. The van der Waals surface area contributed by atoms with Gasteiger partial charge in [0.25, 0.3) is 0 Å². The van der Waals surface area contributed by atoms with Gasteiger partial charge in [0.05, 0.1) is 28.6 Å². The lowest BCUT2D eigenvalue weighted by Gasteiger charge is -2.15. The van der Waals surface area contributed by atoms with Crippen molar-refractivity contribution in [3.05, 3.63) is 78.8 Å². The van der Waals surface area contributed by atoms with E-state index in [1.165, 1.54) is 0 Å². The average molecular weight is 390 g/mol. The lowest BCUT2D eigenvalue weighted by atomic mass is 9.86. The predicted octanol–water partition coefficient (Wildman–Crippen LogP) is 5.91. The van der Waals surface area contributed by atoms with Crippen LogP contribution in [0.1, 0.15) is 19.4 Å². The first-order valence-electron chi connectivity index (χ1n) is 9.67. The molecule has 144 valence electrons. The van der Waals surface area contributed by atoms with Crippen LogP contribution in [-0.2, 0) is 5.41 Å². The predicted molar refractivity (Wildman–Crippen MR) is 117 cm³/mol. The Balaban J connectivity index is 1.70. The van der Waals surface area contributed by atoms with E-state index >= 15 is 0 Å². The molecule has 0 aliphatic rings. The van der Waals surface area contributed by atoms with Crippen molar-refractivity contribution in [1.82, 2.24) is 15.1 Å². The first-order chi connectivity index (χ1) is 14.6. The summed E-state index contributed by atoms with van der Waals surface area (Å²) in [4.78, 5) is 8.76. The quantitative estimate of drug-likeness (QED) is 0.383. The summed E-state index contributed by atoms with van der Waals surface area (Å²) in [5.74, 6) is 0.696. The highest BCUT2D eigenvalue weighted by Gasteiger charge is 2.21. The van der Waals surface area contributed by atoms with E-state index in [-0.39, 0.29) is 0 Å². The number of nitriles is 1. The van der Waals surface area contributed by atoms with Gasteiger partial charge in [0, 0.05) is 28.9 Å². The first kappa shape index (κ1) is 18.0. The van der Waals surface area contributed by atoms with Crippen LogP contribution in [0.4, 0.5) is 0 Å². The topological polar surface area (TPSA) is 75.6 Å². The van der Waals surface area contributed by atoms with E-state index in [1.54, 1.807) is 12.4 Å². The fraction of sp³-hybridized carbons (Fsp3) is 0.120. The molecule has 0 aliphatic carbocycles. The highest BCUT2D eigenvalue weighted by Crippen LogP contribution is 2.36. The number of fused-ring (bicyclic) bond motifs is 3. The van der Waals surface area contributed by atoms with Gasteiger partial charge in [-0.05, 0) is 43.2 Å². The molecular formula is C25H18N4O. The fourth-order valence-electron chi connectivity index (χ4n) is 3.64. The molecular weight excluding hydrogens is 372 g/mol. The third-order valence-corrected chi connectivity index (χ3v) is 5.45. The second-order valence-corrected chi connectivity index (χ2v) is 7.82. The molecule has 5 heteroatoms. The van der Waals surface area contributed by atoms with E-state index in [9.17, 15) is 5.26 Å². The summed E-state index contributed by atoms with van der Waals surface area (Å²) < 4.78 is 5.74. The summed E-state index contributed by atoms with van der Waals surface area (Å²) in [7, 11) is 0. The zero-order chi connectivity index (χ0) is 20.7. The van der Waals surface area contributed by atoms with Crippen molar-refractivity contribution in [1.29, 1.82) is 5.26 Å². The summed E-state index contributed by atoms with van der Waals surface area (Å²) in [6, 6.07) is 20.3. The Kier molecular flexibility index (Phi) is 4.07. The van der Waals surface area contributed by atoms with Gasteiger partial charge < -0.3 is 4.52 Å². The minimum absolute atomic E-state index is 0.544. The lowest BCUT2D eigenvalue weighted by molar-refractivity contribution is 0.441. The van der Waals surface area contributed by atoms with Crippen molar-refractivity contribution < 1.29 is 4.52 Å². The van der Waals surface area contributed by atoms with Crippen molar-refractivity contribution in [2.45, 2.75) is 19.3 Å². The van der Waals surface area contributed by atoms with Crippen molar-refractivity contribution in [2.75, 3.05) is 0 Å².